The first-order valence-electron chi connectivity index (χ1n) is 4.83. The average molecular weight is 203 g/mol. The summed E-state index contributed by atoms with van der Waals surface area (Å²) in [5.41, 5.74) is 3.28. The van der Waals surface area contributed by atoms with Gasteiger partial charge in [-0.2, -0.15) is 0 Å². The van der Waals surface area contributed by atoms with E-state index in [1.807, 2.05) is 24.0 Å². The second-order valence-electron chi connectivity index (χ2n) is 3.93. The van der Waals surface area contributed by atoms with Gasteiger partial charge in [0.1, 0.15) is 0 Å². The highest BCUT2D eigenvalue weighted by Crippen LogP contribution is 2.27. The standard InChI is InChI=1S/C12H13NO2/c1-8-3-4-11(10(5-8)12(14)15)13-6-9(2)7-13/h3-5H,2,6-7H2,1H3,(H,14,15). The van der Waals surface area contributed by atoms with Crippen molar-refractivity contribution in [2.75, 3.05) is 18.0 Å². The van der Waals surface area contributed by atoms with Crippen molar-refractivity contribution in [1.29, 1.82) is 0 Å². The molecule has 78 valence electrons. The molecule has 1 aliphatic heterocycles. The van der Waals surface area contributed by atoms with Crippen LogP contribution in [0.15, 0.2) is 30.4 Å². The van der Waals surface area contributed by atoms with Gasteiger partial charge in [0.2, 0.25) is 0 Å². The molecule has 1 heterocycles. The maximum atomic E-state index is 11.1. The van der Waals surface area contributed by atoms with Crippen LogP contribution in [0.3, 0.4) is 0 Å². The average Bonchev–Trinajstić information content (AvgIpc) is 2.13. The molecule has 3 nitrogen and oxygen atoms in total. The van der Waals surface area contributed by atoms with Crippen LogP contribution in [0, 0.1) is 6.92 Å². The van der Waals surface area contributed by atoms with Crippen LogP contribution >= 0.6 is 0 Å². The molecule has 1 aliphatic rings. The largest absolute Gasteiger partial charge is 0.478 e. The van der Waals surface area contributed by atoms with Gasteiger partial charge in [-0.05, 0) is 24.6 Å². The Hall–Kier alpha value is -1.77. The van der Waals surface area contributed by atoms with Crippen LogP contribution in [-0.4, -0.2) is 24.2 Å². The quantitative estimate of drug-likeness (QED) is 0.748. The number of nitrogens with zero attached hydrogens (tertiary/aromatic N) is 1. The van der Waals surface area contributed by atoms with E-state index >= 15 is 0 Å². The van der Waals surface area contributed by atoms with E-state index in [1.165, 1.54) is 0 Å². The lowest BCUT2D eigenvalue weighted by Gasteiger charge is -2.36. The molecule has 0 atom stereocenters. The zero-order valence-corrected chi connectivity index (χ0v) is 8.66. The number of carboxylic acids is 1. The minimum absolute atomic E-state index is 0.377. The Bertz CT molecular complexity index is 429. The highest BCUT2D eigenvalue weighted by molar-refractivity contribution is 5.95. The van der Waals surface area contributed by atoms with Gasteiger partial charge in [0.25, 0.3) is 0 Å². The normalized spacial score (nSPS) is 15.0. The summed E-state index contributed by atoms with van der Waals surface area (Å²) in [6.07, 6.45) is 0. The van der Waals surface area contributed by atoms with Crippen LogP contribution < -0.4 is 4.90 Å². The number of carboxylic acid groups (broad SMARTS) is 1. The summed E-state index contributed by atoms with van der Waals surface area (Å²) in [5, 5.41) is 9.08. The SMILES string of the molecule is C=C1CN(c2ccc(C)cc2C(=O)O)C1. The van der Waals surface area contributed by atoms with Gasteiger partial charge in [-0.25, -0.2) is 4.79 Å². The number of aryl methyl sites for hydroxylation is 1. The van der Waals surface area contributed by atoms with E-state index in [0.717, 1.165) is 29.9 Å². The molecule has 1 saturated heterocycles. The predicted octanol–water partition coefficient (Wildman–Crippen LogP) is 2.07. The van der Waals surface area contributed by atoms with Crippen LogP contribution in [0.5, 0.6) is 0 Å². The number of carbonyl (C=O) groups is 1. The molecule has 2 rings (SSSR count). The topological polar surface area (TPSA) is 40.5 Å². The summed E-state index contributed by atoms with van der Waals surface area (Å²) in [7, 11) is 0. The summed E-state index contributed by atoms with van der Waals surface area (Å²) in [5.74, 6) is -0.869. The van der Waals surface area contributed by atoms with Gasteiger partial charge >= 0.3 is 5.97 Å². The Morgan fingerprint density at radius 1 is 1.47 bits per heavy atom. The second kappa shape index (κ2) is 3.42. The Balaban J connectivity index is 2.38. The lowest BCUT2D eigenvalue weighted by Crippen LogP contribution is -2.40. The molecule has 0 spiro atoms. The monoisotopic (exact) mass is 203 g/mol. The summed E-state index contributed by atoms with van der Waals surface area (Å²) < 4.78 is 0. The van der Waals surface area contributed by atoms with Crippen molar-refractivity contribution in [3.63, 3.8) is 0 Å². The van der Waals surface area contributed by atoms with Crippen LogP contribution in [0.2, 0.25) is 0 Å². The van der Waals surface area contributed by atoms with E-state index in [0.29, 0.717) is 5.56 Å². The fourth-order valence-electron chi connectivity index (χ4n) is 1.76. The Labute approximate surface area is 88.6 Å². The molecule has 1 fully saturated rings. The first-order valence-corrected chi connectivity index (χ1v) is 4.83. The van der Waals surface area contributed by atoms with Gasteiger partial charge in [0.15, 0.2) is 0 Å². The van der Waals surface area contributed by atoms with Crippen molar-refractivity contribution >= 4 is 11.7 Å². The minimum atomic E-state index is -0.869. The molecule has 0 amide bonds. The third-order valence-electron chi connectivity index (χ3n) is 2.55. The van der Waals surface area contributed by atoms with E-state index in [4.69, 9.17) is 5.11 Å². The lowest BCUT2D eigenvalue weighted by atomic mass is 10.0. The van der Waals surface area contributed by atoms with E-state index in [9.17, 15) is 4.79 Å². The number of hydrogen-bond donors (Lipinski definition) is 1. The number of anilines is 1. The Morgan fingerprint density at radius 2 is 2.13 bits per heavy atom. The predicted molar refractivity (Wildman–Crippen MR) is 59.5 cm³/mol. The number of benzene rings is 1. The second-order valence-corrected chi connectivity index (χ2v) is 3.93. The summed E-state index contributed by atoms with van der Waals surface area (Å²) in [4.78, 5) is 13.1. The number of aromatic carboxylic acids is 1. The Kier molecular flexibility index (Phi) is 2.23. The van der Waals surface area contributed by atoms with Gasteiger partial charge in [-0.3, -0.25) is 0 Å². The summed E-state index contributed by atoms with van der Waals surface area (Å²) in [6, 6.07) is 5.51. The third-order valence-corrected chi connectivity index (χ3v) is 2.55. The van der Waals surface area contributed by atoms with Gasteiger partial charge in [-0.1, -0.05) is 18.2 Å². The smallest absolute Gasteiger partial charge is 0.337 e. The van der Waals surface area contributed by atoms with Crippen LogP contribution in [0.25, 0.3) is 0 Å². The van der Waals surface area contributed by atoms with E-state index in [2.05, 4.69) is 6.58 Å². The van der Waals surface area contributed by atoms with Crippen molar-refractivity contribution in [3.8, 4) is 0 Å². The van der Waals surface area contributed by atoms with Crippen LogP contribution in [0.4, 0.5) is 5.69 Å². The fraction of sp³-hybridized carbons (Fsp3) is 0.250. The number of hydrogen-bond acceptors (Lipinski definition) is 2. The lowest BCUT2D eigenvalue weighted by molar-refractivity contribution is 0.0697. The van der Waals surface area contributed by atoms with Gasteiger partial charge in [0.05, 0.1) is 11.3 Å². The first-order chi connectivity index (χ1) is 7.08. The number of rotatable bonds is 2. The highest BCUT2D eigenvalue weighted by atomic mass is 16.4. The molecular weight excluding hydrogens is 190 g/mol. The Morgan fingerprint density at radius 3 is 2.67 bits per heavy atom. The third kappa shape index (κ3) is 1.73. The van der Waals surface area contributed by atoms with Crippen molar-refractivity contribution in [2.24, 2.45) is 0 Å². The van der Waals surface area contributed by atoms with Crippen molar-refractivity contribution in [1.82, 2.24) is 0 Å². The fourth-order valence-corrected chi connectivity index (χ4v) is 1.76. The molecule has 1 aromatic carbocycles. The highest BCUT2D eigenvalue weighted by Gasteiger charge is 2.23. The maximum absolute atomic E-state index is 11.1. The van der Waals surface area contributed by atoms with Crippen molar-refractivity contribution in [2.45, 2.75) is 6.92 Å². The molecule has 0 aliphatic carbocycles. The molecule has 1 aromatic rings. The zero-order valence-electron chi connectivity index (χ0n) is 8.66. The molecule has 0 radical (unpaired) electrons. The molecule has 1 N–H and O–H groups in total. The molecule has 0 bridgehead atoms. The van der Waals surface area contributed by atoms with Crippen LogP contribution in [0.1, 0.15) is 15.9 Å². The van der Waals surface area contributed by atoms with E-state index in [-0.39, 0.29) is 0 Å². The van der Waals surface area contributed by atoms with Crippen molar-refractivity contribution < 1.29 is 9.90 Å². The summed E-state index contributed by atoms with van der Waals surface area (Å²) >= 11 is 0. The molecule has 3 heteroatoms. The van der Waals surface area contributed by atoms with Crippen molar-refractivity contribution in [3.05, 3.63) is 41.5 Å². The molecule has 0 aromatic heterocycles. The minimum Gasteiger partial charge on any atom is -0.478 e. The molecular formula is C12H13NO2. The molecule has 0 unspecified atom stereocenters. The zero-order chi connectivity index (χ0) is 11.0. The molecule has 15 heavy (non-hydrogen) atoms. The van der Waals surface area contributed by atoms with E-state index in [1.54, 1.807) is 6.07 Å². The van der Waals surface area contributed by atoms with Gasteiger partial charge in [0, 0.05) is 13.1 Å². The first kappa shape index (κ1) is 9.77. The summed E-state index contributed by atoms with van der Waals surface area (Å²) in [6.45, 7) is 7.27. The van der Waals surface area contributed by atoms with E-state index < -0.39 is 5.97 Å². The van der Waals surface area contributed by atoms with Crippen LogP contribution in [-0.2, 0) is 0 Å². The maximum Gasteiger partial charge on any atom is 0.337 e. The van der Waals surface area contributed by atoms with Gasteiger partial charge < -0.3 is 10.0 Å². The van der Waals surface area contributed by atoms with Gasteiger partial charge in [-0.15, -0.1) is 0 Å². The molecule has 0 saturated carbocycles.